The molecule has 2 amide bonds. The summed E-state index contributed by atoms with van der Waals surface area (Å²) in [5, 5.41) is 11.3. The number of carbonyl (C=O) groups excluding carboxylic acids is 2. The van der Waals surface area contributed by atoms with Crippen LogP contribution in [0.3, 0.4) is 0 Å². The number of nitrogens with zero attached hydrogens (tertiary/aromatic N) is 6. The number of rotatable bonds is 17. The van der Waals surface area contributed by atoms with Crippen molar-refractivity contribution in [3.63, 3.8) is 0 Å². The van der Waals surface area contributed by atoms with Crippen LogP contribution in [0.25, 0.3) is 21.9 Å². The van der Waals surface area contributed by atoms with E-state index < -0.39 is 11.8 Å². The summed E-state index contributed by atoms with van der Waals surface area (Å²) >= 11 is 0. The molecular formula is C44H44N8O6. The second kappa shape index (κ2) is 18.4. The van der Waals surface area contributed by atoms with Gasteiger partial charge in [0.15, 0.2) is 11.5 Å². The number of ether oxygens (including phenoxy) is 4. The number of aryl methyl sites for hydroxylation is 1. The number of methoxy groups -OCH3 is 3. The van der Waals surface area contributed by atoms with E-state index in [1.165, 1.54) is 32.0 Å². The fourth-order valence-electron chi connectivity index (χ4n) is 6.58. The highest BCUT2D eigenvalue weighted by molar-refractivity contribution is 6.12. The molecule has 7 aromatic rings. The van der Waals surface area contributed by atoms with E-state index in [-0.39, 0.29) is 16.9 Å². The number of hydrogen-bond acceptors (Lipinski definition) is 11. The summed E-state index contributed by atoms with van der Waals surface area (Å²) in [6.45, 7) is 3.06. The first-order valence-electron chi connectivity index (χ1n) is 18.7. The Hall–Kier alpha value is -6.90. The van der Waals surface area contributed by atoms with Crippen LogP contribution in [-0.4, -0.2) is 82.5 Å². The van der Waals surface area contributed by atoms with Crippen molar-refractivity contribution in [3.05, 3.63) is 138 Å². The highest BCUT2D eigenvalue weighted by Crippen LogP contribution is 2.34. The van der Waals surface area contributed by atoms with E-state index in [0.29, 0.717) is 60.3 Å². The Balaban J connectivity index is 1.05. The largest absolute Gasteiger partial charge is 0.493 e. The Morgan fingerprint density at radius 3 is 2.29 bits per heavy atom. The number of benzene rings is 4. The van der Waals surface area contributed by atoms with Gasteiger partial charge in [0.25, 0.3) is 11.8 Å². The summed E-state index contributed by atoms with van der Waals surface area (Å²) in [6.07, 6.45) is 7.62. The Morgan fingerprint density at radius 2 is 1.50 bits per heavy atom. The summed E-state index contributed by atoms with van der Waals surface area (Å²) in [5.41, 5.74) is 6.69. The van der Waals surface area contributed by atoms with Crippen LogP contribution >= 0.6 is 0 Å². The summed E-state index contributed by atoms with van der Waals surface area (Å²) in [4.78, 5) is 42.8. The molecule has 0 aliphatic rings. The van der Waals surface area contributed by atoms with Gasteiger partial charge in [-0.25, -0.2) is 4.98 Å². The molecule has 3 heterocycles. The van der Waals surface area contributed by atoms with E-state index in [0.717, 1.165) is 35.0 Å². The van der Waals surface area contributed by atoms with Crippen LogP contribution in [0.1, 0.15) is 37.5 Å². The quantitative estimate of drug-likeness (QED) is 0.0949. The number of fused-ring (bicyclic) bond motifs is 2. The normalized spacial score (nSPS) is 11.2. The van der Waals surface area contributed by atoms with Gasteiger partial charge in [0.1, 0.15) is 18.1 Å². The lowest BCUT2D eigenvalue weighted by Crippen LogP contribution is -2.25. The van der Waals surface area contributed by atoms with Gasteiger partial charge in [-0.05, 0) is 71.6 Å². The van der Waals surface area contributed by atoms with E-state index in [2.05, 4.69) is 53.8 Å². The molecular weight excluding hydrogens is 737 g/mol. The van der Waals surface area contributed by atoms with Crippen molar-refractivity contribution in [2.24, 2.45) is 7.05 Å². The van der Waals surface area contributed by atoms with Gasteiger partial charge in [-0.15, -0.1) is 0 Å². The molecule has 0 bridgehead atoms. The number of hydrogen-bond donors (Lipinski definition) is 2. The van der Waals surface area contributed by atoms with Gasteiger partial charge < -0.3 is 29.6 Å². The number of anilines is 2. The molecule has 0 saturated carbocycles. The fourth-order valence-corrected chi connectivity index (χ4v) is 6.58. The Kier molecular flexibility index (Phi) is 12.5. The minimum atomic E-state index is -0.532. The molecule has 0 fully saturated rings. The van der Waals surface area contributed by atoms with Gasteiger partial charge in [-0.3, -0.25) is 29.1 Å². The highest BCUT2D eigenvalue weighted by atomic mass is 16.5. The van der Waals surface area contributed by atoms with Gasteiger partial charge in [0, 0.05) is 57.1 Å². The van der Waals surface area contributed by atoms with Gasteiger partial charge >= 0.3 is 0 Å². The maximum Gasteiger partial charge on any atom is 0.275 e. The average molecular weight is 781 g/mol. The van der Waals surface area contributed by atoms with Crippen LogP contribution in [0.5, 0.6) is 17.2 Å². The molecule has 0 aliphatic heterocycles. The maximum absolute atomic E-state index is 13.8. The third kappa shape index (κ3) is 9.54. The Morgan fingerprint density at radius 1 is 0.741 bits per heavy atom. The molecule has 14 heteroatoms. The monoisotopic (exact) mass is 780 g/mol. The zero-order valence-corrected chi connectivity index (χ0v) is 32.8. The van der Waals surface area contributed by atoms with Crippen LogP contribution in [0, 0.1) is 0 Å². The SMILES string of the molecule is COCCOc1cncc(CN(CCc2ccc(NC(=O)c3cc(OC)c(OC)cc3NC(=O)c3cnc4ccccc4n3)cc2)Cc2ccc3c(cnn3C)c2)c1. The summed E-state index contributed by atoms with van der Waals surface area (Å²) < 4.78 is 23.8. The summed E-state index contributed by atoms with van der Waals surface area (Å²) in [7, 11) is 6.55. The average Bonchev–Trinajstić information content (AvgIpc) is 3.62. The Bertz CT molecular complexity index is 2540. The lowest BCUT2D eigenvalue weighted by atomic mass is 10.1. The number of carbonyl (C=O) groups is 2. The molecule has 0 unspecified atom stereocenters. The highest BCUT2D eigenvalue weighted by Gasteiger charge is 2.21. The first kappa shape index (κ1) is 39.3. The van der Waals surface area contributed by atoms with E-state index in [1.807, 2.05) is 72.7 Å². The predicted octanol–water partition coefficient (Wildman–Crippen LogP) is 6.70. The van der Waals surface area contributed by atoms with Gasteiger partial charge in [-0.2, -0.15) is 5.10 Å². The van der Waals surface area contributed by atoms with Gasteiger partial charge in [-0.1, -0.05) is 30.3 Å². The fraction of sp³-hybridized carbons (Fsp3) is 0.227. The van der Waals surface area contributed by atoms with Crippen molar-refractivity contribution in [2.45, 2.75) is 19.5 Å². The Labute approximate surface area is 335 Å². The molecule has 0 aliphatic carbocycles. The molecule has 3 aromatic heterocycles. The number of nitrogens with one attached hydrogen (secondary N) is 2. The van der Waals surface area contributed by atoms with E-state index in [4.69, 9.17) is 18.9 Å². The number of aromatic nitrogens is 5. The first-order valence-corrected chi connectivity index (χ1v) is 18.7. The van der Waals surface area contributed by atoms with Crippen molar-refractivity contribution in [2.75, 3.05) is 51.7 Å². The molecule has 296 valence electrons. The van der Waals surface area contributed by atoms with Crippen LogP contribution in [0.2, 0.25) is 0 Å². The van der Waals surface area contributed by atoms with Crippen molar-refractivity contribution in [1.29, 1.82) is 0 Å². The lowest BCUT2D eigenvalue weighted by molar-refractivity contribution is 0.102. The molecule has 7 rings (SSSR count). The summed E-state index contributed by atoms with van der Waals surface area (Å²) in [6, 6.07) is 26.5. The van der Waals surface area contributed by atoms with Gasteiger partial charge in [0.05, 0.1) is 67.2 Å². The molecule has 14 nitrogen and oxygen atoms in total. The molecule has 0 saturated heterocycles. The van der Waals surface area contributed by atoms with Crippen LogP contribution in [0.4, 0.5) is 11.4 Å². The van der Waals surface area contributed by atoms with Crippen molar-refractivity contribution >= 4 is 45.1 Å². The number of pyridine rings is 1. The second-order valence-electron chi connectivity index (χ2n) is 13.6. The van der Waals surface area contributed by atoms with Crippen LogP contribution in [0.15, 0.2) is 110 Å². The lowest BCUT2D eigenvalue weighted by Gasteiger charge is -2.23. The van der Waals surface area contributed by atoms with E-state index in [9.17, 15) is 9.59 Å². The molecule has 0 atom stereocenters. The molecule has 0 radical (unpaired) electrons. The van der Waals surface area contributed by atoms with Crippen molar-refractivity contribution < 1.29 is 28.5 Å². The topological polar surface area (TPSA) is 155 Å². The minimum absolute atomic E-state index is 0.0979. The first-order chi connectivity index (χ1) is 28.3. The zero-order valence-electron chi connectivity index (χ0n) is 32.8. The molecule has 0 spiro atoms. The molecule has 4 aromatic carbocycles. The third-order valence-electron chi connectivity index (χ3n) is 9.58. The van der Waals surface area contributed by atoms with Gasteiger partial charge in [0.2, 0.25) is 0 Å². The maximum atomic E-state index is 13.8. The van der Waals surface area contributed by atoms with E-state index in [1.54, 1.807) is 25.4 Å². The third-order valence-corrected chi connectivity index (χ3v) is 9.58. The molecule has 58 heavy (non-hydrogen) atoms. The number of amides is 2. The van der Waals surface area contributed by atoms with Crippen LogP contribution < -0.4 is 24.8 Å². The summed E-state index contributed by atoms with van der Waals surface area (Å²) in [5.74, 6) is 0.389. The van der Waals surface area contributed by atoms with Crippen LogP contribution in [-0.2, 0) is 31.3 Å². The molecule has 2 N–H and O–H groups in total. The minimum Gasteiger partial charge on any atom is -0.493 e. The smallest absolute Gasteiger partial charge is 0.275 e. The predicted molar refractivity (Wildman–Crippen MR) is 222 cm³/mol. The standard InChI is InChI=1S/C44H44N8O6/c1-51-40-14-11-30(19-32(40)24-47-51)27-52(28-31-20-34(25-45-23-31)58-18-17-55-2)16-15-29-9-12-33(13-10-29)48-43(53)35-21-41(56-3)42(57-4)22-38(35)50-44(54)39-26-46-36-7-5-6-8-37(36)49-39/h5-14,19-26H,15-18,27-28H2,1-4H3,(H,48,53)(H,50,54). The zero-order chi connectivity index (χ0) is 40.4. The van der Waals surface area contributed by atoms with Crippen molar-refractivity contribution in [3.8, 4) is 17.2 Å². The number of para-hydroxylation sites is 2. The van der Waals surface area contributed by atoms with Crippen molar-refractivity contribution in [1.82, 2.24) is 29.6 Å². The van der Waals surface area contributed by atoms with E-state index >= 15 is 0 Å². The second-order valence-corrected chi connectivity index (χ2v) is 13.6.